The van der Waals surface area contributed by atoms with Gasteiger partial charge in [-0.15, -0.1) is 0 Å². The average Bonchev–Trinajstić information content (AvgIpc) is 2.71. The Morgan fingerprint density at radius 2 is 2.18 bits per heavy atom. The van der Waals surface area contributed by atoms with Crippen molar-refractivity contribution < 1.29 is 4.84 Å². The van der Waals surface area contributed by atoms with Crippen LogP contribution in [0.1, 0.15) is 43.7 Å². The van der Waals surface area contributed by atoms with Crippen LogP contribution < -0.4 is 5.73 Å². The zero-order valence-electron chi connectivity index (χ0n) is 10.4. The second-order valence-electron chi connectivity index (χ2n) is 4.49. The van der Waals surface area contributed by atoms with E-state index in [2.05, 4.69) is 12.1 Å². The number of oxime groups is 1. The van der Waals surface area contributed by atoms with Crippen LogP contribution >= 0.6 is 0 Å². The van der Waals surface area contributed by atoms with Gasteiger partial charge < -0.3 is 10.6 Å². The third kappa shape index (κ3) is 2.99. The molecule has 1 aromatic rings. The number of nitrogen functional groups attached to an aromatic ring is 1. The van der Waals surface area contributed by atoms with Gasteiger partial charge in [0.25, 0.3) is 0 Å². The molecule has 17 heavy (non-hydrogen) atoms. The molecule has 0 fully saturated rings. The standard InChI is InChI=1S/C14H20N2O/c1-2-3-4-9-17-16-14-8-5-11-10-12(15)6-7-13(11)14/h6-7,10H,2-5,8-9,15H2,1H3/b16-14+. The molecule has 2 rings (SSSR count). The fraction of sp³-hybridized carbons (Fsp3) is 0.500. The van der Waals surface area contributed by atoms with E-state index in [9.17, 15) is 0 Å². The molecule has 92 valence electrons. The quantitative estimate of drug-likeness (QED) is 0.481. The van der Waals surface area contributed by atoms with E-state index in [4.69, 9.17) is 10.6 Å². The van der Waals surface area contributed by atoms with E-state index < -0.39 is 0 Å². The summed E-state index contributed by atoms with van der Waals surface area (Å²) in [4.78, 5) is 5.36. The third-order valence-electron chi connectivity index (χ3n) is 3.09. The van der Waals surface area contributed by atoms with E-state index in [1.54, 1.807) is 0 Å². The minimum absolute atomic E-state index is 0.724. The molecular weight excluding hydrogens is 212 g/mol. The highest BCUT2D eigenvalue weighted by Crippen LogP contribution is 2.24. The van der Waals surface area contributed by atoms with Gasteiger partial charge in [0.2, 0.25) is 0 Å². The molecule has 1 aliphatic rings. The summed E-state index contributed by atoms with van der Waals surface area (Å²) in [5.74, 6) is 0. The molecule has 0 atom stereocenters. The first-order valence-corrected chi connectivity index (χ1v) is 6.39. The van der Waals surface area contributed by atoms with Gasteiger partial charge in [0, 0.05) is 11.3 Å². The predicted molar refractivity (Wildman–Crippen MR) is 71.2 cm³/mol. The molecule has 0 heterocycles. The number of rotatable bonds is 5. The van der Waals surface area contributed by atoms with Crippen molar-refractivity contribution in [1.82, 2.24) is 0 Å². The molecule has 0 radical (unpaired) electrons. The van der Waals surface area contributed by atoms with E-state index in [0.717, 1.165) is 37.3 Å². The largest absolute Gasteiger partial charge is 0.399 e. The van der Waals surface area contributed by atoms with Crippen LogP contribution in [0.25, 0.3) is 0 Å². The Hall–Kier alpha value is -1.51. The van der Waals surface area contributed by atoms with Crippen molar-refractivity contribution in [2.75, 3.05) is 12.3 Å². The van der Waals surface area contributed by atoms with Crippen LogP contribution in [0.5, 0.6) is 0 Å². The zero-order chi connectivity index (χ0) is 12.1. The summed E-state index contributed by atoms with van der Waals surface area (Å²) in [5.41, 5.74) is 10.1. The summed E-state index contributed by atoms with van der Waals surface area (Å²) >= 11 is 0. The maximum Gasteiger partial charge on any atom is 0.117 e. The Labute approximate surface area is 103 Å². The Kier molecular flexibility index (Phi) is 4.02. The maximum atomic E-state index is 5.76. The lowest BCUT2D eigenvalue weighted by Gasteiger charge is -2.02. The Balaban J connectivity index is 1.94. The van der Waals surface area contributed by atoms with Crippen LogP contribution in [-0.4, -0.2) is 12.3 Å². The Morgan fingerprint density at radius 3 is 3.00 bits per heavy atom. The summed E-state index contributed by atoms with van der Waals surface area (Å²) in [5, 5.41) is 4.24. The lowest BCUT2D eigenvalue weighted by atomic mass is 10.1. The monoisotopic (exact) mass is 232 g/mol. The molecular formula is C14H20N2O. The van der Waals surface area contributed by atoms with Crippen LogP contribution in [0.15, 0.2) is 23.4 Å². The molecule has 0 saturated heterocycles. The lowest BCUT2D eigenvalue weighted by molar-refractivity contribution is 0.140. The van der Waals surface area contributed by atoms with Gasteiger partial charge in [-0.05, 0) is 37.0 Å². The highest BCUT2D eigenvalue weighted by Gasteiger charge is 2.18. The Bertz CT molecular complexity index is 413. The number of benzene rings is 1. The fourth-order valence-electron chi connectivity index (χ4n) is 2.12. The molecule has 0 amide bonds. The first-order chi connectivity index (χ1) is 8.31. The highest BCUT2D eigenvalue weighted by atomic mass is 16.6. The summed E-state index contributed by atoms with van der Waals surface area (Å²) < 4.78 is 0. The van der Waals surface area contributed by atoms with Crippen molar-refractivity contribution in [2.45, 2.75) is 39.0 Å². The molecule has 1 aromatic carbocycles. The van der Waals surface area contributed by atoms with Gasteiger partial charge in [0.1, 0.15) is 6.61 Å². The van der Waals surface area contributed by atoms with Crippen molar-refractivity contribution in [2.24, 2.45) is 5.16 Å². The first kappa shape index (κ1) is 12.0. The van der Waals surface area contributed by atoms with Gasteiger partial charge in [0.05, 0.1) is 5.71 Å². The predicted octanol–water partition coefficient (Wildman–Crippen LogP) is 3.13. The van der Waals surface area contributed by atoms with Crippen LogP contribution in [0.3, 0.4) is 0 Å². The average molecular weight is 232 g/mol. The number of nitrogens with two attached hydrogens (primary N) is 1. The van der Waals surface area contributed by atoms with E-state index >= 15 is 0 Å². The van der Waals surface area contributed by atoms with Gasteiger partial charge in [-0.3, -0.25) is 0 Å². The first-order valence-electron chi connectivity index (χ1n) is 6.39. The number of fused-ring (bicyclic) bond motifs is 1. The summed E-state index contributed by atoms with van der Waals surface area (Å²) in [6, 6.07) is 6.01. The minimum atomic E-state index is 0.724. The molecule has 3 heteroatoms. The molecule has 2 N–H and O–H groups in total. The smallest absolute Gasteiger partial charge is 0.117 e. The van der Waals surface area contributed by atoms with Crippen LogP contribution in [-0.2, 0) is 11.3 Å². The molecule has 0 spiro atoms. The van der Waals surface area contributed by atoms with Crippen LogP contribution in [0.4, 0.5) is 5.69 Å². The second-order valence-corrected chi connectivity index (χ2v) is 4.49. The summed E-state index contributed by atoms with van der Waals surface area (Å²) in [6.45, 7) is 2.91. The van der Waals surface area contributed by atoms with E-state index in [1.807, 2.05) is 18.2 Å². The van der Waals surface area contributed by atoms with Crippen LogP contribution in [0, 0.1) is 0 Å². The maximum absolute atomic E-state index is 5.76. The normalized spacial score (nSPS) is 16.2. The third-order valence-corrected chi connectivity index (χ3v) is 3.09. The number of aryl methyl sites for hydroxylation is 1. The number of unbranched alkanes of at least 4 members (excludes halogenated alkanes) is 2. The molecule has 0 bridgehead atoms. The van der Waals surface area contributed by atoms with Gasteiger partial charge >= 0.3 is 0 Å². The number of anilines is 1. The van der Waals surface area contributed by atoms with E-state index in [0.29, 0.717) is 0 Å². The van der Waals surface area contributed by atoms with Crippen molar-refractivity contribution in [1.29, 1.82) is 0 Å². The second kappa shape index (κ2) is 5.71. The summed E-state index contributed by atoms with van der Waals surface area (Å²) in [7, 11) is 0. The van der Waals surface area contributed by atoms with Crippen molar-refractivity contribution in [3.05, 3.63) is 29.3 Å². The fourth-order valence-corrected chi connectivity index (χ4v) is 2.12. The molecule has 3 nitrogen and oxygen atoms in total. The minimum Gasteiger partial charge on any atom is -0.399 e. The van der Waals surface area contributed by atoms with Gasteiger partial charge in [-0.2, -0.15) is 0 Å². The summed E-state index contributed by atoms with van der Waals surface area (Å²) in [6.07, 6.45) is 5.49. The SMILES string of the molecule is CCCCCO/N=C1\CCc2cc(N)ccc21. The Morgan fingerprint density at radius 1 is 1.29 bits per heavy atom. The zero-order valence-corrected chi connectivity index (χ0v) is 10.4. The number of nitrogens with zero attached hydrogens (tertiary/aromatic N) is 1. The lowest BCUT2D eigenvalue weighted by Crippen LogP contribution is -1.98. The number of hydrogen-bond donors (Lipinski definition) is 1. The van der Waals surface area contributed by atoms with Gasteiger partial charge in [-0.25, -0.2) is 0 Å². The molecule has 0 aromatic heterocycles. The molecule has 0 aliphatic heterocycles. The van der Waals surface area contributed by atoms with E-state index in [1.165, 1.54) is 24.0 Å². The van der Waals surface area contributed by atoms with Crippen molar-refractivity contribution in [3.63, 3.8) is 0 Å². The molecule has 0 unspecified atom stereocenters. The molecule has 0 saturated carbocycles. The highest BCUT2D eigenvalue weighted by molar-refractivity contribution is 6.04. The van der Waals surface area contributed by atoms with Crippen molar-refractivity contribution >= 4 is 11.4 Å². The topological polar surface area (TPSA) is 47.6 Å². The van der Waals surface area contributed by atoms with Gasteiger partial charge in [-0.1, -0.05) is 31.0 Å². The number of hydrogen-bond acceptors (Lipinski definition) is 3. The van der Waals surface area contributed by atoms with Crippen LogP contribution in [0.2, 0.25) is 0 Å². The van der Waals surface area contributed by atoms with Crippen molar-refractivity contribution in [3.8, 4) is 0 Å². The van der Waals surface area contributed by atoms with E-state index in [-0.39, 0.29) is 0 Å². The van der Waals surface area contributed by atoms with Gasteiger partial charge in [0.15, 0.2) is 0 Å². The molecule has 1 aliphatic carbocycles.